The summed E-state index contributed by atoms with van der Waals surface area (Å²) in [7, 11) is 1.87. The molecule has 0 radical (unpaired) electrons. The van der Waals surface area contributed by atoms with Gasteiger partial charge in [0.05, 0.1) is 6.04 Å². The summed E-state index contributed by atoms with van der Waals surface area (Å²) in [5.74, 6) is 0.995. The number of thioether (sulfide) groups is 1. The molecule has 0 spiro atoms. The van der Waals surface area contributed by atoms with E-state index >= 15 is 0 Å². The van der Waals surface area contributed by atoms with Crippen LogP contribution >= 0.6 is 11.8 Å². The second kappa shape index (κ2) is 8.14. The van der Waals surface area contributed by atoms with Crippen molar-refractivity contribution in [2.45, 2.75) is 44.4 Å². The smallest absolute Gasteiger partial charge is 0.209 e. The number of benzene rings is 1. The average molecular weight is 306 g/mol. The summed E-state index contributed by atoms with van der Waals surface area (Å²) in [5.41, 5.74) is 2.87. The van der Waals surface area contributed by atoms with E-state index in [9.17, 15) is 0 Å². The van der Waals surface area contributed by atoms with Gasteiger partial charge in [-0.1, -0.05) is 43.0 Å². The molecule has 1 heterocycles. The van der Waals surface area contributed by atoms with E-state index in [0.29, 0.717) is 6.04 Å². The molecule has 0 bridgehead atoms. The van der Waals surface area contributed by atoms with Crippen molar-refractivity contribution in [3.05, 3.63) is 35.4 Å². The lowest BCUT2D eigenvalue weighted by molar-refractivity contribution is -0.701. The summed E-state index contributed by atoms with van der Waals surface area (Å²) >= 11 is 1.70. The summed E-state index contributed by atoms with van der Waals surface area (Å²) < 4.78 is 1.72. The molecule has 0 saturated carbocycles. The highest BCUT2D eigenvalue weighted by Crippen LogP contribution is 2.16. The van der Waals surface area contributed by atoms with Gasteiger partial charge in [0.1, 0.15) is 6.54 Å². The van der Waals surface area contributed by atoms with E-state index in [4.69, 9.17) is 0 Å². The van der Waals surface area contributed by atoms with Crippen LogP contribution in [0.4, 0.5) is 0 Å². The van der Waals surface area contributed by atoms with Crippen LogP contribution in [0.25, 0.3) is 0 Å². The first-order valence-corrected chi connectivity index (χ1v) is 8.44. The second-order valence-corrected chi connectivity index (χ2v) is 6.34. The lowest BCUT2D eigenvalue weighted by Gasteiger charge is -2.11. The fraction of sp³-hybridized carbons (Fsp3) is 0.533. The average Bonchev–Trinajstić information content (AvgIpc) is 2.91. The van der Waals surface area contributed by atoms with Gasteiger partial charge in [-0.25, -0.2) is 4.68 Å². The zero-order valence-corrected chi connectivity index (χ0v) is 13.8. The molecule has 0 saturated heterocycles. The first-order valence-electron chi connectivity index (χ1n) is 7.46. The molecule has 5 nitrogen and oxygen atoms in total. The van der Waals surface area contributed by atoms with Gasteiger partial charge in [-0.2, -0.15) is 0 Å². The van der Waals surface area contributed by atoms with Gasteiger partial charge in [0.2, 0.25) is 5.16 Å². The number of aryl methyl sites for hydroxylation is 2. The molecule has 0 aliphatic heterocycles. The molecule has 0 aliphatic carbocycles. The standard InChI is InChI=1S/C15H23N5S/c1-4-12(2)16-11-14-8-6-5-7-13(14)9-10-21-15-17-18-19-20(15)3/h5-8,12,16H,4,9-11H2,1-3H3/p+1/t12-/m1/s1. The molecule has 2 N–H and O–H groups in total. The molecule has 6 heteroatoms. The van der Waals surface area contributed by atoms with Gasteiger partial charge in [-0.3, -0.25) is 0 Å². The lowest BCUT2D eigenvalue weighted by Crippen LogP contribution is -2.87. The number of hydrogen-bond donors (Lipinski definition) is 1. The van der Waals surface area contributed by atoms with E-state index in [-0.39, 0.29) is 0 Å². The summed E-state index contributed by atoms with van der Waals surface area (Å²) in [6.45, 7) is 5.57. The molecular formula is C15H24N5S+. The van der Waals surface area contributed by atoms with Crippen molar-refractivity contribution in [3.8, 4) is 0 Å². The van der Waals surface area contributed by atoms with Crippen molar-refractivity contribution < 1.29 is 5.32 Å². The maximum absolute atomic E-state index is 4.00. The van der Waals surface area contributed by atoms with Gasteiger partial charge < -0.3 is 5.32 Å². The predicted molar refractivity (Wildman–Crippen MR) is 85.1 cm³/mol. The third-order valence-electron chi connectivity index (χ3n) is 3.69. The summed E-state index contributed by atoms with van der Waals surface area (Å²) in [6.07, 6.45) is 2.25. The fourth-order valence-corrected chi connectivity index (χ4v) is 2.91. The van der Waals surface area contributed by atoms with E-state index < -0.39 is 0 Å². The van der Waals surface area contributed by atoms with E-state index in [2.05, 4.69) is 59.0 Å². The number of rotatable bonds is 8. The normalized spacial score (nSPS) is 12.5. The molecule has 0 amide bonds. The zero-order chi connectivity index (χ0) is 15.1. The highest BCUT2D eigenvalue weighted by Gasteiger charge is 2.08. The lowest BCUT2D eigenvalue weighted by atomic mass is 10.0. The Morgan fingerprint density at radius 2 is 2.05 bits per heavy atom. The van der Waals surface area contributed by atoms with Gasteiger partial charge in [0.25, 0.3) is 0 Å². The van der Waals surface area contributed by atoms with E-state index in [1.807, 2.05) is 7.05 Å². The third kappa shape index (κ3) is 4.82. The van der Waals surface area contributed by atoms with Gasteiger partial charge in [0, 0.05) is 18.4 Å². The topological polar surface area (TPSA) is 60.2 Å². The molecule has 2 aromatic rings. The number of nitrogens with two attached hydrogens (primary N) is 1. The number of hydrogen-bond acceptors (Lipinski definition) is 4. The van der Waals surface area contributed by atoms with Crippen LogP contribution in [0.1, 0.15) is 31.4 Å². The molecule has 21 heavy (non-hydrogen) atoms. The Balaban J connectivity index is 1.89. The van der Waals surface area contributed by atoms with E-state index in [0.717, 1.165) is 23.9 Å². The van der Waals surface area contributed by atoms with Crippen LogP contribution in [-0.4, -0.2) is 32.0 Å². The second-order valence-electron chi connectivity index (χ2n) is 5.28. The fourth-order valence-electron chi connectivity index (χ4n) is 2.09. The van der Waals surface area contributed by atoms with Gasteiger partial charge >= 0.3 is 0 Å². The van der Waals surface area contributed by atoms with Crippen LogP contribution in [0.2, 0.25) is 0 Å². The molecule has 1 aromatic carbocycles. The molecule has 114 valence electrons. The maximum Gasteiger partial charge on any atom is 0.209 e. The molecule has 0 unspecified atom stereocenters. The van der Waals surface area contributed by atoms with E-state index in [1.54, 1.807) is 16.4 Å². The SMILES string of the molecule is CC[C@@H](C)[NH2+]Cc1ccccc1CCSc1nnnn1C. The van der Waals surface area contributed by atoms with Crippen molar-refractivity contribution in [1.82, 2.24) is 20.2 Å². The highest BCUT2D eigenvalue weighted by atomic mass is 32.2. The van der Waals surface area contributed by atoms with Crippen LogP contribution < -0.4 is 5.32 Å². The largest absolute Gasteiger partial charge is 0.340 e. The summed E-state index contributed by atoms with van der Waals surface area (Å²) in [4.78, 5) is 0. The predicted octanol–water partition coefficient (Wildman–Crippen LogP) is 1.41. The Hall–Kier alpha value is -1.40. The van der Waals surface area contributed by atoms with Crippen molar-refractivity contribution in [1.29, 1.82) is 0 Å². The van der Waals surface area contributed by atoms with Gasteiger partial charge in [-0.15, -0.1) is 5.10 Å². The Morgan fingerprint density at radius 1 is 1.29 bits per heavy atom. The summed E-state index contributed by atoms with van der Waals surface area (Å²) in [6, 6.07) is 9.40. The minimum Gasteiger partial charge on any atom is -0.340 e. The molecular weight excluding hydrogens is 282 g/mol. The first kappa shape index (κ1) is 16.0. The van der Waals surface area contributed by atoms with Gasteiger partial charge in [-0.05, 0) is 35.8 Å². The molecule has 1 atom stereocenters. The Bertz CT molecular complexity index is 555. The maximum atomic E-state index is 4.00. The minimum atomic E-state index is 0.678. The van der Waals surface area contributed by atoms with Crippen LogP contribution in [0, 0.1) is 0 Å². The van der Waals surface area contributed by atoms with E-state index in [1.165, 1.54) is 17.5 Å². The molecule has 2 rings (SSSR count). The summed E-state index contributed by atoms with van der Waals surface area (Å²) in [5, 5.41) is 14.8. The Labute approximate surface area is 130 Å². The van der Waals surface area contributed by atoms with Crippen LogP contribution in [-0.2, 0) is 20.0 Å². The monoisotopic (exact) mass is 306 g/mol. The number of nitrogens with zero attached hydrogens (tertiary/aromatic N) is 4. The van der Waals surface area contributed by atoms with Crippen molar-refractivity contribution in [3.63, 3.8) is 0 Å². The molecule has 1 aromatic heterocycles. The first-order chi connectivity index (χ1) is 10.2. The zero-order valence-electron chi connectivity index (χ0n) is 13.0. The number of aromatic nitrogens is 4. The van der Waals surface area contributed by atoms with Gasteiger partial charge in [0.15, 0.2) is 0 Å². The highest BCUT2D eigenvalue weighted by molar-refractivity contribution is 7.99. The van der Waals surface area contributed by atoms with Crippen molar-refractivity contribution in [2.24, 2.45) is 7.05 Å². The third-order valence-corrected chi connectivity index (χ3v) is 4.70. The Kier molecular flexibility index (Phi) is 6.20. The Morgan fingerprint density at radius 3 is 2.71 bits per heavy atom. The minimum absolute atomic E-state index is 0.678. The van der Waals surface area contributed by atoms with Crippen LogP contribution in [0.5, 0.6) is 0 Å². The molecule has 0 fully saturated rings. The number of tetrazole rings is 1. The molecule has 0 aliphatic rings. The van der Waals surface area contributed by atoms with Crippen molar-refractivity contribution >= 4 is 11.8 Å². The number of quaternary nitrogens is 1. The van der Waals surface area contributed by atoms with Crippen LogP contribution in [0.15, 0.2) is 29.4 Å². The quantitative estimate of drug-likeness (QED) is 0.749. The van der Waals surface area contributed by atoms with Crippen molar-refractivity contribution in [2.75, 3.05) is 5.75 Å². The van der Waals surface area contributed by atoms with Crippen LogP contribution in [0.3, 0.4) is 0 Å².